The number of likely N-dealkylation sites (tertiary alicyclic amines) is 1. The topological polar surface area (TPSA) is 101 Å². The highest BCUT2D eigenvalue weighted by Crippen LogP contribution is 2.30. The molecule has 40 heavy (non-hydrogen) atoms. The fourth-order valence-corrected chi connectivity index (χ4v) is 6.25. The van der Waals surface area contributed by atoms with Crippen molar-refractivity contribution >= 4 is 41.1 Å². The third-order valence-electron chi connectivity index (χ3n) is 8.38. The summed E-state index contributed by atoms with van der Waals surface area (Å²) in [6, 6.07) is 2.59. The number of anilines is 1. The Balaban J connectivity index is 1.13. The van der Waals surface area contributed by atoms with Crippen LogP contribution < -0.4 is 5.32 Å². The van der Waals surface area contributed by atoms with Crippen LogP contribution in [-0.2, 0) is 34.2 Å². The van der Waals surface area contributed by atoms with Gasteiger partial charge in [0.05, 0.1) is 41.3 Å². The molecule has 0 bridgehead atoms. The Labute approximate surface area is 238 Å². The molecule has 0 unspecified atom stereocenters. The van der Waals surface area contributed by atoms with Gasteiger partial charge in [-0.2, -0.15) is 0 Å². The third-order valence-corrected chi connectivity index (χ3v) is 8.69. The van der Waals surface area contributed by atoms with Crippen molar-refractivity contribution in [2.75, 3.05) is 25.0 Å². The summed E-state index contributed by atoms with van der Waals surface area (Å²) in [7, 11) is 1.90. The number of hydrogen-bond acceptors (Lipinski definition) is 4. The molecule has 2 aliphatic carbocycles. The molecule has 1 atom stereocenters. The Morgan fingerprint density at radius 3 is 2.70 bits per heavy atom. The number of nitrogens with zero attached hydrogens (tertiary/aromatic N) is 2. The van der Waals surface area contributed by atoms with E-state index < -0.39 is 11.8 Å². The maximum atomic E-state index is 15.0. The van der Waals surface area contributed by atoms with Gasteiger partial charge in [-0.15, -0.1) is 0 Å². The van der Waals surface area contributed by atoms with Crippen LogP contribution in [0.3, 0.4) is 0 Å². The van der Waals surface area contributed by atoms with E-state index in [2.05, 4.69) is 5.32 Å². The summed E-state index contributed by atoms with van der Waals surface area (Å²) in [6.07, 6.45) is 11.0. The number of fused-ring (bicyclic) bond motifs is 1. The molecule has 0 radical (unpaired) electrons. The van der Waals surface area contributed by atoms with Gasteiger partial charge in [0.2, 0.25) is 5.91 Å². The van der Waals surface area contributed by atoms with E-state index in [1.54, 1.807) is 11.1 Å². The molecule has 1 saturated heterocycles. The molecule has 2 heterocycles. The predicted octanol–water partition coefficient (Wildman–Crippen LogP) is 5.08. The molecular formula is C30H35ClFN3O5. The largest absolute Gasteiger partial charge is 0.481 e. The smallest absolute Gasteiger partial charge is 0.306 e. The van der Waals surface area contributed by atoms with Crippen LogP contribution in [0.2, 0.25) is 5.02 Å². The number of halogens is 2. The fourth-order valence-electron chi connectivity index (χ4n) is 6.01. The Morgan fingerprint density at radius 1 is 1.18 bits per heavy atom. The maximum absolute atomic E-state index is 15.0. The molecule has 10 heteroatoms. The van der Waals surface area contributed by atoms with Crippen molar-refractivity contribution in [3.63, 3.8) is 0 Å². The highest BCUT2D eigenvalue weighted by Gasteiger charge is 2.30. The van der Waals surface area contributed by atoms with Crippen molar-refractivity contribution in [3.05, 3.63) is 57.6 Å². The second-order valence-corrected chi connectivity index (χ2v) is 11.6. The summed E-state index contributed by atoms with van der Waals surface area (Å²) in [5, 5.41) is 12.0. The lowest BCUT2D eigenvalue weighted by molar-refractivity contribution is -0.143. The summed E-state index contributed by atoms with van der Waals surface area (Å²) in [5.74, 6) is -1.95. The monoisotopic (exact) mass is 571 g/mol. The second kappa shape index (κ2) is 12.1. The van der Waals surface area contributed by atoms with Gasteiger partial charge in [-0.1, -0.05) is 23.8 Å². The van der Waals surface area contributed by atoms with Gasteiger partial charge >= 0.3 is 5.97 Å². The molecule has 0 spiro atoms. The van der Waals surface area contributed by atoms with Crippen LogP contribution in [-0.4, -0.2) is 58.2 Å². The van der Waals surface area contributed by atoms with Crippen LogP contribution >= 0.6 is 11.6 Å². The van der Waals surface area contributed by atoms with Gasteiger partial charge in [0.25, 0.3) is 5.91 Å². The Morgan fingerprint density at radius 2 is 1.95 bits per heavy atom. The average Bonchev–Trinajstić information content (AvgIpc) is 3.55. The van der Waals surface area contributed by atoms with Crippen molar-refractivity contribution in [2.24, 2.45) is 18.9 Å². The number of carboxylic acid groups (broad SMARTS) is 1. The zero-order valence-corrected chi connectivity index (χ0v) is 23.4. The third kappa shape index (κ3) is 6.25. The van der Waals surface area contributed by atoms with E-state index in [-0.39, 0.29) is 52.4 Å². The molecule has 1 saturated carbocycles. The van der Waals surface area contributed by atoms with Gasteiger partial charge in [0.1, 0.15) is 5.82 Å². The molecule has 1 aliphatic heterocycles. The highest BCUT2D eigenvalue weighted by molar-refractivity contribution is 6.34. The van der Waals surface area contributed by atoms with Gasteiger partial charge in [0.15, 0.2) is 0 Å². The van der Waals surface area contributed by atoms with E-state index in [4.69, 9.17) is 21.4 Å². The Bertz CT molecular complexity index is 1330. The van der Waals surface area contributed by atoms with E-state index in [0.29, 0.717) is 38.1 Å². The lowest BCUT2D eigenvalue weighted by Gasteiger charge is -2.27. The molecule has 2 fully saturated rings. The first-order valence-electron chi connectivity index (χ1n) is 14.0. The lowest BCUT2D eigenvalue weighted by atomic mass is 9.87. The van der Waals surface area contributed by atoms with Crippen LogP contribution in [0.4, 0.5) is 10.1 Å². The van der Waals surface area contributed by atoms with Gasteiger partial charge in [-0.25, -0.2) is 4.39 Å². The van der Waals surface area contributed by atoms with Crippen LogP contribution in [0.15, 0.2) is 24.4 Å². The molecule has 2 N–H and O–H groups in total. The molecule has 1 aromatic carbocycles. The van der Waals surface area contributed by atoms with Crippen molar-refractivity contribution in [1.29, 1.82) is 0 Å². The number of allylic oxidation sites excluding steroid dienone is 1. The average molecular weight is 572 g/mol. The van der Waals surface area contributed by atoms with Crippen LogP contribution in [0, 0.1) is 17.7 Å². The van der Waals surface area contributed by atoms with Crippen molar-refractivity contribution < 1.29 is 28.6 Å². The number of rotatable bonds is 8. The van der Waals surface area contributed by atoms with Gasteiger partial charge in [0, 0.05) is 43.5 Å². The number of hydrogen-bond donors (Lipinski definition) is 2. The minimum Gasteiger partial charge on any atom is -0.481 e. The van der Waals surface area contributed by atoms with E-state index in [1.165, 1.54) is 12.1 Å². The number of aromatic nitrogens is 1. The fraction of sp³-hybridized carbons (Fsp3) is 0.500. The molecule has 2 aromatic rings. The first-order chi connectivity index (χ1) is 19.2. The molecular weight excluding hydrogens is 537 g/mol. The van der Waals surface area contributed by atoms with E-state index in [9.17, 15) is 14.4 Å². The number of aryl methyl sites for hydroxylation is 1. The summed E-state index contributed by atoms with van der Waals surface area (Å²) in [5.41, 5.74) is 2.79. The van der Waals surface area contributed by atoms with Crippen molar-refractivity contribution in [2.45, 2.75) is 57.5 Å². The standard InChI is InChI=1S/C30H35ClFN3O5/c1-34-16-23(22-4-2-3-5-27(22)34)29(37)33-26-14-25(32)20(12-24(26)31)13-28(36)35-11-10-18(15-35)17-40-21-8-6-19(7-9-21)30(38)39/h2,4,12,14,16,18-19,21H,3,5-11,13,15,17H2,1H3,(H,33,37)(H,38,39)/t18-,19?,21?/m1/s1. The number of amides is 2. The Hall–Kier alpha value is -3.17. The molecule has 5 rings (SSSR count). The van der Waals surface area contributed by atoms with Crippen LogP contribution in [0.5, 0.6) is 0 Å². The predicted molar refractivity (Wildman–Crippen MR) is 150 cm³/mol. The zero-order valence-electron chi connectivity index (χ0n) is 22.6. The van der Waals surface area contributed by atoms with Crippen molar-refractivity contribution in [3.8, 4) is 0 Å². The summed E-state index contributed by atoms with van der Waals surface area (Å²) in [6.45, 7) is 1.65. The second-order valence-electron chi connectivity index (χ2n) is 11.1. The maximum Gasteiger partial charge on any atom is 0.306 e. The SMILES string of the molecule is Cn1cc(C(=O)Nc2cc(F)c(CC(=O)N3CC[C@@H](COC4CCC(C(=O)O)CC4)C3)cc2Cl)c2c1CCC=C2. The summed E-state index contributed by atoms with van der Waals surface area (Å²) >= 11 is 6.41. The molecule has 214 valence electrons. The van der Waals surface area contributed by atoms with Crippen LogP contribution in [0.1, 0.15) is 65.7 Å². The zero-order chi connectivity index (χ0) is 28.4. The molecule has 8 nitrogen and oxygen atoms in total. The highest BCUT2D eigenvalue weighted by atomic mass is 35.5. The first kappa shape index (κ1) is 28.4. The first-order valence-corrected chi connectivity index (χ1v) is 14.3. The van der Waals surface area contributed by atoms with E-state index >= 15 is 4.39 Å². The number of carbonyl (C=O) groups excluding carboxylic acids is 2. The number of aliphatic carboxylic acids is 1. The minimum atomic E-state index is -0.733. The molecule has 3 aliphatic rings. The number of benzene rings is 1. The van der Waals surface area contributed by atoms with Crippen LogP contribution in [0.25, 0.3) is 6.08 Å². The minimum absolute atomic E-state index is 0.0689. The van der Waals surface area contributed by atoms with E-state index in [1.807, 2.05) is 23.8 Å². The van der Waals surface area contributed by atoms with Gasteiger partial charge in [-0.05, 0) is 62.6 Å². The number of nitrogens with one attached hydrogen (secondary N) is 1. The van der Waals surface area contributed by atoms with Crippen molar-refractivity contribution in [1.82, 2.24) is 9.47 Å². The lowest BCUT2D eigenvalue weighted by Crippen LogP contribution is -2.31. The quantitative estimate of drug-likeness (QED) is 0.460. The Kier molecular flexibility index (Phi) is 8.61. The number of carbonyl (C=O) groups is 3. The van der Waals surface area contributed by atoms with Gasteiger partial charge < -0.3 is 24.6 Å². The van der Waals surface area contributed by atoms with E-state index in [0.717, 1.165) is 43.4 Å². The molecule has 1 aromatic heterocycles. The summed E-state index contributed by atoms with van der Waals surface area (Å²) < 4.78 is 23.0. The summed E-state index contributed by atoms with van der Waals surface area (Å²) in [4.78, 5) is 38.8. The number of ether oxygens (including phenoxy) is 1. The normalized spacial score (nSPS) is 22.3. The van der Waals surface area contributed by atoms with Gasteiger partial charge in [-0.3, -0.25) is 14.4 Å². The number of carboxylic acids is 1. The molecule has 2 amide bonds.